The van der Waals surface area contributed by atoms with Crippen LogP contribution in [0.2, 0.25) is 0 Å². The van der Waals surface area contributed by atoms with Crippen molar-refractivity contribution in [3.05, 3.63) is 17.9 Å². The van der Waals surface area contributed by atoms with E-state index in [1.54, 1.807) is 6.07 Å². The molecule has 0 aliphatic rings. The predicted molar refractivity (Wildman–Crippen MR) is 83.7 cm³/mol. The molecular weight excluding hydrogens is 290 g/mol. The van der Waals surface area contributed by atoms with Crippen molar-refractivity contribution in [2.45, 2.75) is 31.9 Å². The molecule has 1 rings (SSSR count). The van der Waals surface area contributed by atoms with Gasteiger partial charge >= 0.3 is 0 Å². The van der Waals surface area contributed by atoms with Gasteiger partial charge in [0.05, 0.1) is 6.54 Å². The van der Waals surface area contributed by atoms with Gasteiger partial charge in [-0.2, -0.15) is 0 Å². The van der Waals surface area contributed by atoms with Crippen molar-refractivity contribution in [1.29, 1.82) is 0 Å². The van der Waals surface area contributed by atoms with Crippen molar-refractivity contribution in [3.63, 3.8) is 0 Å². The monoisotopic (exact) mass is 317 g/mol. The first kappa shape index (κ1) is 18.2. The number of rotatable bonds is 10. The molecule has 1 aromatic rings. The zero-order valence-corrected chi connectivity index (χ0v) is 14.2. The van der Waals surface area contributed by atoms with Gasteiger partial charge in [0.25, 0.3) is 10.0 Å². The summed E-state index contributed by atoms with van der Waals surface area (Å²) in [5.74, 6) is 0.633. The highest BCUT2D eigenvalue weighted by Crippen LogP contribution is 2.16. The number of nitrogens with zero attached hydrogens (tertiary/aromatic N) is 2. The van der Waals surface area contributed by atoms with Gasteiger partial charge in [-0.15, -0.1) is 0 Å². The van der Waals surface area contributed by atoms with E-state index in [1.165, 1.54) is 20.2 Å². The fourth-order valence-electron chi connectivity index (χ4n) is 1.96. The maximum atomic E-state index is 11.9. The standard InChI is InChI=1S/C14H27N3O3S/c1-5-10-17(6-2)11-9-15-12-13-7-8-14(20-13)21(18,19)16(3)4/h7-8,15H,5-6,9-12H2,1-4H3. The largest absolute Gasteiger partial charge is 0.447 e. The molecular formula is C14H27N3O3S. The fraction of sp³-hybridized carbons (Fsp3) is 0.714. The molecule has 1 N–H and O–H groups in total. The summed E-state index contributed by atoms with van der Waals surface area (Å²) in [5.41, 5.74) is 0. The Morgan fingerprint density at radius 1 is 1.19 bits per heavy atom. The van der Waals surface area contributed by atoms with Gasteiger partial charge in [-0.25, -0.2) is 12.7 Å². The van der Waals surface area contributed by atoms with Gasteiger partial charge in [0.1, 0.15) is 5.76 Å². The maximum Gasteiger partial charge on any atom is 0.275 e. The van der Waals surface area contributed by atoms with Gasteiger partial charge in [0.2, 0.25) is 5.09 Å². The molecule has 0 aromatic carbocycles. The summed E-state index contributed by atoms with van der Waals surface area (Å²) < 4.78 is 30.3. The van der Waals surface area contributed by atoms with Gasteiger partial charge in [-0.3, -0.25) is 0 Å². The molecule has 0 spiro atoms. The third-order valence-corrected chi connectivity index (χ3v) is 4.95. The minimum Gasteiger partial charge on any atom is -0.447 e. The molecule has 6 nitrogen and oxygen atoms in total. The quantitative estimate of drug-likeness (QED) is 0.660. The third-order valence-electron chi connectivity index (χ3n) is 3.26. The Hall–Kier alpha value is -0.890. The Morgan fingerprint density at radius 2 is 1.90 bits per heavy atom. The third kappa shape index (κ3) is 5.43. The molecule has 0 aliphatic heterocycles. The average molecular weight is 317 g/mol. The zero-order chi connectivity index (χ0) is 15.9. The minimum atomic E-state index is -3.48. The van der Waals surface area contributed by atoms with Gasteiger partial charge in [0.15, 0.2) is 0 Å². The van der Waals surface area contributed by atoms with Crippen molar-refractivity contribution in [3.8, 4) is 0 Å². The summed E-state index contributed by atoms with van der Waals surface area (Å²) in [4.78, 5) is 2.37. The lowest BCUT2D eigenvalue weighted by Gasteiger charge is -2.19. The molecule has 0 unspecified atom stereocenters. The summed E-state index contributed by atoms with van der Waals surface area (Å²) in [6, 6.07) is 3.20. The van der Waals surface area contributed by atoms with Crippen LogP contribution >= 0.6 is 0 Å². The van der Waals surface area contributed by atoms with Crippen molar-refractivity contribution in [2.24, 2.45) is 0 Å². The summed E-state index contributed by atoms with van der Waals surface area (Å²) in [7, 11) is -0.503. The molecule has 0 aliphatic carbocycles. The summed E-state index contributed by atoms with van der Waals surface area (Å²) in [6.07, 6.45) is 1.15. The number of sulfonamides is 1. The Balaban J connectivity index is 2.43. The van der Waals surface area contributed by atoms with Crippen LogP contribution in [0.3, 0.4) is 0 Å². The van der Waals surface area contributed by atoms with Crippen LogP contribution < -0.4 is 5.32 Å². The van der Waals surface area contributed by atoms with Crippen LogP contribution in [0.1, 0.15) is 26.0 Å². The van der Waals surface area contributed by atoms with Crippen molar-refractivity contribution < 1.29 is 12.8 Å². The van der Waals surface area contributed by atoms with Crippen LogP contribution in [0.25, 0.3) is 0 Å². The van der Waals surface area contributed by atoms with Crippen LogP contribution in [-0.2, 0) is 16.6 Å². The second-order valence-electron chi connectivity index (χ2n) is 5.12. The molecule has 0 radical (unpaired) electrons. The molecule has 122 valence electrons. The maximum absolute atomic E-state index is 11.9. The molecule has 0 fully saturated rings. The van der Waals surface area contributed by atoms with E-state index in [4.69, 9.17) is 4.42 Å². The second kappa shape index (κ2) is 8.53. The highest BCUT2D eigenvalue weighted by atomic mass is 32.2. The lowest BCUT2D eigenvalue weighted by Crippen LogP contribution is -2.32. The van der Waals surface area contributed by atoms with E-state index in [9.17, 15) is 8.42 Å². The number of likely N-dealkylation sites (N-methyl/N-ethyl adjacent to an activating group) is 1. The molecule has 1 heterocycles. The van der Waals surface area contributed by atoms with E-state index in [-0.39, 0.29) is 5.09 Å². The fourth-order valence-corrected chi connectivity index (χ4v) is 2.78. The number of furan rings is 1. The summed E-state index contributed by atoms with van der Waals surface area (Å²) >= 11 is 0. The van der Waals surface area contributed by atoms with E-state index < -0.39 is 10.0 Å². The topological polar surface area (TPSA) is 65.8 Å². The molecule has 1 aromatic heterocycles. The zero-order valence-electron chi connectivity index (χ0n) is 13.4. The van der Waals surface area contributed by atoms with Crippen LogP contribution in [0.4, 0.5) is 0 Å². The molecule has 0 amide bonds. The first-order valence-corrected chi connectivity index (χ1v) is 8.80. The summed E-state index contributed by atoms with van der Waals surface area (Å²) in [6.45, 7) is 8.84. The van der Waals surface area contributed by atoms with Gasteiger partial charge < -0.3 is 14.6 Å². The van der Waals surface area contributed by atoms with Gasteiger partial charge in [-0.05, 0) is 31.6 Å². The Morgan fingerprint density at radius 3 is 2.48 bits per heavy atom. The van der Waals surface area contributed by atoms with Gasteiger partial charge in [0, 0.05) is 27.2 Å². The normalized spacial score (nSPS) is 12.5. The Labute approximate surface area is 128 Å². The Bertz CT molecular complexity index is 511. The van der Waals surface area contributed by atoms with E-state index in [2.05, 4.69) is 24.1 Å². The van der Waals surface area contributed by atoms with E-state index >= 15 is 0 Å². The second-order valence-corrected chi connectivity index (χ2v) is 7.20. The number of nitrogens with one attached hydrogen (secondary N) is 1. The molecule has 0 saturated carbocycles. The van der Waals surface area contributed by atoms with Crippen LogP contribution in [0, 0.1) is 0 Å². The summed E-state index contributed by atoms with van der Waals surface area (Å²) in [5, 5.41) is 3.27. The lowest BCUT2D eigenvalue weighted by atomic mass is 10.4. The molecule has 21 heavy (non-hydrogen) atoms. The van der Waals surface area contributed by atoms with Gasteiger partial charge in [-0.1, -0.05) is 13.8 Å². The highest BCUT2D eigenvalue weighted by Gasteiger charge is 2.21. The smallest absolute Gasteiger partial charge is 0.275 e. The minimum absolute atomic E-state index is 0.00883. The van der Waals surface area contributed by atoms with E-state index in [1.807, 2.05) is 0 Å². The average Bonchev–Trinajstić information content (AvgIpc) is 2.91. The van der Waals surface area contributed by atoms with Crippen LogP contribution in [0.5, 0.6) is 0 Å². The number of hydrogen-bond acceptors (Lipinski definition) is 5. The van der Waals surface area contributed by atoms with Crippen LogP contribution in [-0.4, -0.2) is 57.9 Å². The molecule has 0 saturated heterocycles. The lowest BCUT2D eigenvalue weighted by molar-refractivity contribution is 0.285. The predicted octanol–water partition coefficient (Wildman–Crippen LogP) is 1.35. The van der Waals surface area contributed by atoms with Crippen molar-refractivity contribution >= 4 is 10.0 Å². The highest BCUT2D eigenvalue weighted by molar-refractivity contribution is 7.88. The van der Waals surface area contributed by atoms with E-state index in [0.717, 1.165) is 36.9 Å². The Kier molecular flexibility index (Phi) is 7.37. The molecule has 0 bridgehead atoms. The molecule has 7 heteroatoms. The first-order chi connectivity index (χ1) is 9.91. The van der Waals surface area contributed by atoms with Crippen molar-refractivity contribution in [1.82, 2.24) is 14.5 Å². The van der Waals surface area contributed by atoms with Crippen LogP contribution in [0.15, 0.2) is 21.6 Å². The number of hydrogen-bond donors (Lipinski definition) is 1. The first-order valence-electron chi connectivity index (χ1n) is 7.36. The van der Waals surface area contributed by atoms with Crippen molar-refractivity contribution in [2.75, 3.05) is 40.3 Å². The SMILES string of the molecule is CCCN(CC)CCNCc1ccc(S(=O)(=O)N(C)C)o1. The van der Waals surface area contributed by atoms with E-state index in [0.29, 0.717) is 12.3 Å². The molecule has 0 atom stereocenters.